The molecule has 2 aliphatic rings. The second-order valence-electron chi connectivity index (χ2n) is 6.56. The predicted octanol–water partition coefficient (Wildman–Crippen LogP) is 3.54. The van der Waals surface area contributed by atoms with Crippen molar-refractivity contribution in [3.8, 4) is 0 Å². The SMILES string of the molecule is CCC1CCCN(Cc2cc(CNC3CC3)co2)CC1. The van der Waals surface area contributed by atoms with Crippen LogP contribution >= 0.6 is 0 Å². The van der Waals surface area contributed by atoms with E-state index in [1.165, 1.54) is 57.2 Å². The summed E-state index contributed by atoms with van der Waals surface area (Å²) in [4.78, 5) is 2.56. The molecule has 3 nitrogen and oxygen atoms in total. The maximum absolute atomic E-state index is 5.73. The lowest BCUT2D eigenvalue weighted by atomic mass is 9.98. The molecular formula is C17H28N2O. The summed E-state index contributed by atoms with van der Waals surface area (Å²) in [7, 11) is 0. The number of furan rings is 1. The van der Waals surface area contributed by atoms with Crippen LogP contribution in [0, 0.1) is 5.92 Å². The van der Waals surface area contributed by atoms with E-state index in [1.54, 1.807) is 0 Å². The highest BCUT2D eigenvalue weighted by Gasteiger charge is 2.20. The first-order valence-electron chi connectivity index (χ1n) is 8.35. The van der Waals surface area contributed by atoms with Gasteiger partial charge in [0.2, 0.25) is 0 Å². The summed E-state index contributed by atoms with van der Waals surface area (Å²) in [6.07, 6.45) is 10.1. The molecule has 1 N–H and O–H groups in total. The van der Waals surface area contributed by atoms with Gasteiger partial charge in [-0.05, 0) is 57.2 Å². The van der Waals surface area contributed by atoms with Crippen molar-refractivity contribution < 1.29 is 4.42 Å². The van der Waals surface area contributed by atoms with E-state index >= 15 is 0 Å². The van der Waals surface area contributed by atoms with Gasteiger partial charge in [-0.1, -0.05) is 13.3 Å². The van der Waals surface area contributed by atoms with Gasteiger partial charge in [-0.25, -0.2) is 0 Å². The summed E-state index contributed by atoms with van der Waals surface area (Å²) in [5.41, 5.74) is 1.30. The average molecular weight is 276 g/mol. The fourth-order valence-electron chi connectivity index (χ4n) is 3.16. The maximum atomic E-state index is 5.73. The predicted molar refractivity (Wildman–Crippen MR) is 81.5 cm³/mol. The highest BCUT2D eigenvalue weighted by Crippen LogP contribution is 2.22. The van der Waals surface area contributed by atoms with Crippen molar-refractivity contribution in [1.29, 1.82) is 0 Å². The van der Waals surface area contributed by atoms with Gasteiger partial charge < -0.3 is 9.73 Å². The Morgan fingerprint density at radius 3 is 2.95 bits per heavy atom. The molecule has 0 amide bonds. The Morgan fingerprint density at radius 1 is 1.25 bits per heavy atom. The van der Waals surface area contributed by atoms with Crippen LogP contribution in [0.4, 0.5) is 0 Å². The van der Waals surface area contributed by atoms with Gasteiger partial charge in [0.05, 0.1) is 12.8 Å². The molecule has 3 heteroatoms. The normalized spacial score (nSPS) is 24.8. The fraction of sp³-hybridized carbons (Fsp3) is 0.765. The molecule has 112 valence electrons. The first-order valence-corrected chi connectivity index (χ1v) is 8.35. The third-order valence-electron chi connectivity index (χ3n) is 4.78. The monoisotopic (exact) mass is 276 g/mol. The van der Waals surface area contributed by atoms with E-state index in [4.69, 9.17) is 4.42 Å². The average Bonchev–Trinajstić information content (AvgIpc) is 3.22. The summed E-state index contributed by atoms with van der Waals surface area (Å²) in [6, 6.07) is 3.00. The van der Waals surface area contributed by atoms with Crippen molar-refractivity contribution in [1.82, 2.24) is 10.2 Å². The molecule has 2 heterocycles. The van der Waals surface area contributed by atoms with Gasteiger partial charge in [0.15, 0.2) is 0 Å². The van der Waals surface area contributed by atoms with Crippen molar-refractivity contribution >= 4 is 0 Å². The minimum absolute atomic E-state index is 0.768. The molecule has 1 saturated heterocycles. The molecule has 2 fully saturated rings. The molecule has 3 rings (SSSR count). The number of nitrogens with one attached hydrogen (secondary N) is 1. The zero-order valence-corrected chi connectivity index (χ0v) is 12.7. The van der Waals surface area contributed by atoms with Crippen LogP contribution in [0.25, 0.3) is 0 Å². The van der Waals surface area contributed by atoms with Crippen LogP contribution in [-0.2, 0) is 13.1 Å². The molecule has 0 radical (unpaired) electrons. The van der Waals surface area contributed by atoms with Crippen molar-refractivity contribution in [2.45, 2.75) is 64.6 Å². The van der Waals surface area contributed by atoms with Crippen molar-refractivity contribution in [2.24, 2.45) is 5.92 Å². The fourth-order valence-corrected chi connectivity index (χ4v) is 3.16. The Balaban J connectivity index is 1.46. The number of nitrogens with zero attached hydrogens (tertiary/aromatic N) is 1. The van der Waals surface area contributed by atoms with Crippen molar-refractivity contribution in [3.63, 3.8) is 0 Å². The van der Waals surface area contributed by atoms with Gasteiger partial charge >= 0.3 is 0 Å². The van der Waals surface area contributed by atoms with Crippen LogP contribution in [0.1, 0.15) is 56.8 Å². The topological polar surface area (TPSA) is 28.4 Å². The van der Waals surface area contributed by atoms with E-state index in [0.717, 1.165) is 30.8 Å². The molecule has 1 unspecified atom stereocenters. The lowest BCUT2D eigenvalue weighted by molar-refractivity contribution is 0.249. The number of hydrogen-bond donors (Lipinski definition) is 1. The van der Waals surface area contributed by atoms with Gasteiger partial charge in [0.1, 0.15) is 5.76 Å². The van der Waals surface area contributed by atoms with Crippen LogP contribution in [0.15, 0.2) is 16.7 Å². The van der Waals surface area contributed by atoms with Gasteiger partial charge in [-0.15, -0.1) is 0 Å². The summed E-state index contributed by atoms with van der Waals surface area (Å²) >= 11 is 0. The van der Waals surface area contributed by atoms with Crippen LogP contribution < -0.4 is 5.32 Å². The smallest absolute Gasteiger partial charge is 0.118 e. The van der Waals surface area contributed by atoms with Crippen molar-refractivity contribution in [3.05, 3.63) is 23.7 Å². The Labute approximate surface area is 122 Å². The summed E-state index contributed by atoms with van der Waals surface area (Å²) < 4.78 is 5.73. The van der Waals surface area contributed by atoms with Gasteiger partial charge in [0.25, 0.3) is 0 Å². The second kappa shape index (κ2) is 6.77. The lowest BCUT2D eigenvalue weighted by Gasteiger charge is -2.18. The largest absolute Gasteiger partial charge is 0.468 e. The number of hydrogen-bond acceptors (Lipinski definition) is 3. The molecule has 0 spiro atoms. The molecule has 1 saturated carbocycles. The van der Waals surface area contributed by atoms with Crippen LogP contribution in [0.3, 0.4) is 0 Å². The zero-order chi connectivity index (χ0) is 13.8. The molecule has 1 aromatic heterocycles. The molecule has 0 aromatic carbocycles. The van der Waals surface area contributed by atoms with Gasteiger partial charge in [0, 0.05) is 18.2 Å². The molecule has 20 heavy (non-hydrogen) atoms. The minimum Gasteiger partial charge on any atom is -0.468 e. The van der Waals surface area contributed by atoms with E-state index in [9.17, 15) is 0 Å². The summed E-state index contributed by atoms with van der Waals surface area (Å²) in [6.45, 7) is 6.74. The van der Waals surface area contributed by atoms with Crippen LogP contribution in [-0.4, -0.2) is 24.0 Å². The van der Waals surface area contributed by atoms with E-state index < -0.39 is 0 Å². The minimum atomic E-state index is 0.768. The molecule has 1 atom stereocenters. The number of rotatable bonds is 6. The standard InChI is InChI=1S/C17H28N2O/c1-2-14-4-3-8-19(9-7-14)12-17-10-15(13-20-17)11-18-16-5-6-16/h10,13-14,16,18H,2-9,11-12H2,1H3. The lowest BCUT2D eigenvalue weighted by Crippen LogP contribution is -2.24. The zero-order valence-electron chi connectivity index (χ0n) is 12.7. The highest BCUT2D eigenvalue weighted by atomic mass is 16.3. The molecule has 1 aliphatic carbocycles. The molecule has 0 bridgehead atoms. The van der Waals surface area contributed by atoms with Crippen molar-refractivity contribution in [2.75, 3.05) is 13.1 Å². The van der Waals surface area contributed by atoms with E-state index in [2.05, 4.69) is 23.2 Å². The third kappa shape index (κ3) is 4.10. The Hall–Kier alpha value is -0.800. The molecule has 1 aliphatic heterocycles. The van der Waals surface area contributed by atoms with E-state index in [-0.39, 0.29) is 0 Å². The highest BCUT2D eigenvalue weighted by molar-refractivity contribution is 5.13. The number of likely N-dealkylation sites (tertiary alicyclic amines) is 1. The van der Waals surface area contributed by atoms with Gasteiger partial charge in [-0.3, -0.25) is 4.90 Å². The summed E-state index contributed by atoms with van der Waals surface area (Å²) in [5, 5.41) is 3.54. The van der Waals surface area contributed by atoms with E-state index in [0.29, 0.717) is 0 Å². The molecule has 1 aromatic rings. The Morgan fingerprint density at radius 2 is 2.15 bits per heavy atom. The van der Waals surface area contributed by atoms with Gasteiger partial charge in [-0.2, -0.15) is 0 Å². The van der Waals surface area contributed by atoms with Crippen LogP contribution in [0.5, 0.6) is 0 Å². The second-order valence-corrected chi connectivity index (χ2v) is 6.56. The molecular weight excluding hydrogens is 248 g/mol. The third-order valence-corrected chi connectivity index (χ3v) is 4.78. The van der Waals surface area contributed by atoms with E-state index in [1.807, 2.05) is 6.26 Å². The van der Waals surface area contributed by atoms with Crippen LogP contribution in [0.2, 0.25) is 0 Å². The Bertz CT molecular complexity index is 411. The first kappa shape index (κ1) is 14.2. The summed E-state index contributed by atoms with van der Waals surface area (Å²) in [5.74, 6) is 2.07. The maximum Gasteiger partial charge on any atom is 0.118 e. The Kier molecular flexibility index (Phi) is 4.79. The quantitative estimate of drug-likeness (QED) is 0.861. The first-order chi connectivity index (χ1) is 9.83.